The predicted molar refractivity (Wildman–Crippen MR) is 61.0 cm³/mol. The Hall–Kier alpha value is -0.980. The highest BCUT2D eigenvalue weighted by Gasteiger charge is 2.04. The molecule has 0 saturated heterocycles. The van der Waals surface area contributed by atoms with E-state index in [2.05, 4.69) is 52.8 Å². The van der Waals surface area contributed by atoms with Crippen molar-refractivity contribution in [3.8, 4) is 5.75 Å². The molecule has 1 aromatic rings. The summed E-state index contributed by atoms with van der Waals surface area (Å²) in [5.41, 5.74) is 2.62. The summed E-state index contributed by atoms with van der Waals surface area (Å²) in [7, 11) is 0. The summed E-state index contributed by atoms with van der Waals surface area (Å²) in [6.07, 6.45) is 0.247. The van der Waals surface area contributed by atoms with Crippen molar-refractivity contribution in [1.29, 1.82) is 0 Å². The van der Waals surface area contributed by atoms with Gasteiger partial charge in [0.2, 0.25) is 0 Å². The van der Waals surface area contributed by atoms with Crippen LogP contribution in [0.2, 0.25) is 0 Å². The van der Waals surface area contributed by atoms with E-state index in [0.29, 0.717) is 5.92 Å². The maximum absolute atomic E-state index is 5.69. The Morgan fingerprint density at radius 3 is 2.14 bits per heavy atom. The molecule has 0 unspecified atom stereocenters. The van der Waals surface area contributed by atoms with Gasteiger partial charge in [-0.2, -0.15) is 0 Å². The van der Waals surface area contributed by atoms with Crippen LogP contribution in [0.1, 0.15) is 44.7 Å². The molecule has 1 aromatic carbocycles. The van der Waals surface area contributed by atoms with Crippen molar-refractivity contribution in [3.05, 3.63) is 29.3 Å². The molecule has 0 fully saturated rings. The van der Waals surface area contributed by atoms with E-state index in [9.17, 15) is 0 Å². The minimum atomic E-state index is 0.247. The van der Waals surface area contributed by atoms with Gasteiger partial charge in [-0.3, -0.25) is 0 Å². The number of hydrogen-bond donors (Lipinski definition) is 0. The molecular weight excluding hydrogens is 172 g/mol. The second kappa shape index (κ2) is 4.50. The van der Waals surface area contributed by atoms with Crippen LogP contribution >= 0.6 is 0 Å². The minimum Gasteiger partial charge on any atom is -0.491 e. The number of ether oxygens (including phenoxy) is 1. The van der Waals surface area contributed by atoms with E-state index in [1.165, 1.54) is 11.1 Å². The first-order chi connectivity index (χ1) is 6.49. The van der Waals surface area contributed by atoms with E-state index in [4.69, 9.17) is 4.74 Å². The van der Waals surface area contributed by atoms with Gasteiger partial charge in [-0.1, -0.05) is 19.9 Å². The highest BCUT2D eigenvalue weighted by Crippen LogP contribution is 2.23. The Kier molecular flexibility index (Phi) is 3.56. The van der Waals surface area contributed by atoms with Gasteiger partial charge in [-0.15, -0.1) is 0 Å². The van der Waals surface area contributed by atoms with Crippen LogP contribution in [0.3, 0.4) is 0 Å². The van der Waals surface area contributed by atoms with Crippen LogP contribution in [-0.2, 0) is 0 Å². The lowest BCUT2D eigenvalue weighted by Gasteiger charge is -2.13. The highest BCUT2D eigenvalue weighted by atomic mass is 16.5. The van der Waals surface area contributed by atoms with Gasteiger partial charge >= 0.3 is 0 Å². The van der Waals surface area contributed by atoms with Crippen LogP contribution in [0.5, 0.6) is 5.75 Å². The van der Waals surface area contributed by atoms with E-state index >= 15 is 0 Å². The van der Waals surface area contributed by atoms with Gasteiger partial charge < -0.3 is 4.74 Å². The molecule has 0 bridgehead atoms. The van der Waals surface area contributed by atoms with Gasteiger partial charge in [0.1, 0.15) is 5.75 Å². The van der Waals surface area contributed by atoms with Crippen molar-refractivity contribution >= 4 is 0 Å². The van der Waals surface area contributed by atoms with Crippen molar-refractivity contribution in [3.63, 3.8) is 0 Å². The van der Waals surface area contributed by atoms with Crippen LogP contribution in [-0.4, -0.2) is 6.10 Å². The quantitative estimate of drug-likeness (QED) is 0.705. The summed E-state index contributed by atoms with van der Waals surface area (Å²) in [4.78, 5) is 0. The van der Waals surface area contributed by atoms with E-state index in [0.717, 1.165) is 5.75 Å². The first-order valence-corrected chi connectivity index (χ1v) is 5.27. The van der Waals surface area contributed by atoms with Crippen molar-refractivity contribution in [1.82, 2.24) is 0 Å². The monoisotopic (exact) mass is 192 g/mol. The van der Waals surface area contributed by atoms with E-state index < -0.39 is 0 Å². The summed E-state index contributed by atoms with van der Waals surface area (Å²) in [6.45, 7) is 10.6. The lowest BCUT2D eigenvalue weighted by molar-refractivity contribution is 0.242. The van der Waals surface area contributed by atoms with Crippen molar-refractivity contribution in [2.45, 2.75) is 46.6 Å². The van der Waals surface area contributed by atoms with Crippen LogP contribution in [0.15, 0.2) is 18.2 Å². The Morgan fingerprint density at radius 1 is 1.00 bits per heavy atom. The maximum Gasteiger partial charge on any atom is 0.120 e. The average Bonchev–Trinajstić information content (AvgIpc) is 2.01. The Morgan fingerprint density at radius 2 is 1.64 bits per heavy atom. The molecule has 0 amide bonds. The molecule has 0 aliphatic rings. The number of rotatable bonds is 3. The molecule has 0 spiro atoms. The highest BCUT2D eigenvalue weighted by molar-refractivity contribution is 5.35. The van der Waals surface area contributed by atoms with Gasteiger partial charge in [0.15, 0.2) is 0 Å². The number of hydrogen-bond acceptors (Lipinski definition) is 1. The third-order valence-corrected chi connectivity index (χ3v) is 2.11. The van der Waals surface area contributed by atoms with Crippen LogP contribution in [0.4, 0.5) is 0 Å². The molecule has 0 saturated carbocycles. The lowest BCUT2D eigenvalue weighted by Crippen LogP contribution is -2.06. The van der Waals surface area contributed by atoms with Crippen LogP contribution in [0, 0.1) is 6.92 Å². The second-order valence-corrected chi connectivity index (χ2v) is 4.40. The molecular formula is C13H20O. The van der Waals surface area contributed by atoms with Gasteiger partial charge in [-0.05, 0) is 49.9 Å². The van der Waals surface area contributed by atoms with Gasteiger partial charge in [0.05, 0.1) is 6.10 Å². The summed E-state index contributed by atoms with van der Waals surface area (Å²) >= 11 is 0. The van der Waals surface area contributed by atoms with Gasteiger partial charge in [0.25, 0.3) is 0 Å². The zero-order valence-corrected chi connectivity index (χ0v) is 9.79. The Balaban J connectivity index is 2.95. The fraction of sp³-hybridized carbons (Fsp3) is 0.538. The summed E-state index contributed by atoms with van der Waals surface area (Å²) in [5.74, 6) is 1.55. The third kappa shape index (κ3) is 3.06. The van der Waals surface area contributed by atoms with Crippen molar-refractivity contribution < 1.29 is 4.74 Å². The SMILES string of the molecule is Cc1cc(OC(C)C)cc(C(C)C)c1. The molecule has 0 atom stereocenters. The summed E-state index contributed by atoms with van der Waals surface area (Å²) in [5, 5.41) is 0. The molecule has 14 heavy (non-hydrogen) atoms. The van der Waals surface area contributed by atoms with E-state index in [-0.39, 0.29) is 6.10 Å². The summed E-state index contributed by atoms with van der Waals surface area (Å²) in [6, 6.07) is 6.45. The first kappa shape index (κ1) is 11.1. The zero-order chi connectivity index (χ0) is 10.7. The lowest BCUT2D eigenvalue weighted by atomic mass is 10.0. The van der Waals surface area contributed by atoms with Gasteiger partial charge in [0, 0.05) is 0 Å². The zero-order valence-electron chi connectivity index (χ0n) is 9.79. The predicted octanol–water partition coefficient (Wildman–Crippen LogP) is 3.91. The van der Waals surface area contributed by atoms with E-state index in [1.807, 2.05) is 0 Å². The maximum atomic E-state index is 5.69. The molecule has 78 valence electrons. The molecule has 1 nitrogen and oxygen atoms in total. The minimum absolute atomic E-state index is 0.247. The fourth-order valence-electron chi connectivity index (χ4n) is 1.45. The molecule has 1 heteroatoms. The largest absolute Gasteiger partial charge is 0.491 e. The topological polar surface area (TPSA) is 9.23 Å². The molecule has 0 aliphatic heterocycles. The fourth-order valence-corrected chi connectivity index (χ4v) is 1.45. The van der Waals surface area contributed by atoms with E-state index in [1.54, 1.807) is 0 Å². The van der Waals surface area contributed by atoms with Crippen LogP contribution in [0.25, 0.3) is 0 Å². The average molecular weight is 192 g/mol. The smallest absolute Gasteiger partial charge is 0.120 e. The molecule has 0 aliphatic carbocycles. The summed E-state index contributed by atoms with van der Waals surface area (Å²) < 4.78 is 5.69. The molecule has 1 rings (SSSR count). The molecule has 0 N–H and O–H groups in total. The number of aryl methyl sites for hydroxylation is 1. The third-order valence-electron chi connectivity index (χ3n) is 2.11. The van der Waals surface area contributed by atoms with Gasteiger partial charge in [-0.25, -0.2) is 0 Å². The molecule has 0 aromatic heterocycles. The molecule has 0 radical (unpaired) electrons. The standard InChI is InChI=1S/C13H20O/c1-9(2)12-6-11(5)7-13(8-12)14-10(3)4/h6-10H,1-5H3. The molecule has 0 heterocycles. The first-order valence-electron chi connectivity index (χ1n) is 5.27. The number of benzene rings is 1. The Bertz CT molecular complexity index is 300. The van der Waals surface area contributed by atoms with Crippen molar-refractivity contribution in [2.24, 2.45) is 0 Å². The van der Waals surface area contributed by atoms with Crippen LogP contribution < -0.4 is 4.74 Å². The second-order valence-electron chi connectivity index (χ2n) is 4.40. The Labute approximate surface area is 87.1 Å². The van der Waals surface area contributed by atoms with Crippen molar-refractivity contribution in [2.75, 3.05) is 0 Å². The normalized spacial score (nSPS) is 11.1.